The average molecular weight is 694 g/mol. The molecule has 1 aliphatic rings. The fourth-order valence-electron chi connectivity index (χ4n) is 9.02. The van der Waals surface area contributed by atoms with E-state index in [2.05, 4.69) is 195 Å². The van der Waals surface area contributed by atoms with Crippen LogP contribution in [0.3, 0.4) is 0 Å². The molecule has 10 aromatic rings. The van der Waals surface area contributed by atoms with Gasteiger partial charge in [-0.05, 0) is 109 Å². The van der Waals surface area contributed by atoms with E-state index in [1.165, 1.54) is 85.9 Å². The van der Waals surface area contributed by atoms with E-state index < -0.39 is 0 Å². The summed E-state index contributed by atoms with van der Waals surface area (Å²) in [5.74, 6) is 0. The normalized spacial score (nSPS) is 13.2. The Morgan fingerprint density at radius 2 is 1.00 bits per heavy atom. The second kappa shape index (κ2) is 11.4. The first-order valence-electron chi connectivity index (χ1n) is 18.4. The molecule has 0 radical (unpaired) electrons. The minimum absolute atomic E-state index is 0.106. The fourth-order valence-corrected chi connectivity index (χ4v) is 10.2. The van der Waals surface area contributed by atoms with Crippen LogP contribution >= 0.6 is 11.3 Å². The lowest BCUT2D eigenvalue weighted by atomic mass is 9.82. The number of fused-ring (bicyclic) bond motifs is 9. The Morgan fingerprint density at radius 3 is 1.83 bits per heavy atom. The summed E-state index contributed by atoms with van der Waals surface area (Å²) in [4.78, 5) is 2.51. The molecule has 53 heavy (non-hydrogen) atoms. The van der Waals surface area contributed by atoms with Gasteiger partial charge in [0.25, 0.3) is 0 Å². The van der Waals surface area contributed by atoms with Gasteiger partial charge in [-0.2, -0.15) is 0 Å². The molecular weight excluding hydrogens is 659 g/mol. The van der Waals surface area contributed by atoms with E-state index in [4.69, 9.17) is 0 Å². The van der Waals surface area contributed by atoms with Crippen molar-refractivity contribution in [2.75, 3.05) is 4.90 Å². The van der Waals surface area contributed by atoms with Crippen LogP contribution in [-0.2, 0) is 5.41 Å². The predicted octanol–water partition coefficient (Wildman–Crippen LogP) is 15.0. The maximum absolute atomic E-state index is 2.51. The van der Waals surface area contributed by atoms with Crippen molar-refractivity contribution in [3.8, 4) is 22.3 Å². The van der Waals surface area contributed by atoms with Crippen LogP contribution in [0.5, 0.6) is 0 Å². The van der Waals surface area contributed by atoms with Crippen molar-refractivity contribution in [1.29, 1.82) is 0 Å². The molecule has 9 aromatic carbocycles. The Labute approximate surface area is 313 Å². The fraction of sp³-hybridized carbons (Fsp3) is 0.0588. The highest BCUT2D eigenvalue weighted by Crippen LogP contribution is 2.53. The van der Waals surface area contributed by atoms with Gasteiger partial charge in [0.1, 0.15) is 0 Å². The summed E-state index contributed by atoms with van der Waals surface area (Å²) in [5.41, 5.74) is 11.2. The molecule has 0 saturated heterocycles. The van der Waals surface area contributed by atoms with Crippen molar-refractivity contribution < 1.29 is 0 Å². The maximum Gasteiger partial charge on any atom is 0.0546 e. The summed E-state index contributed by atoms with van der Waals surface area (Å²) in [6, 6.07) is 65.6. The van der Waals surface area contributed by atoms with Crippen molar-refractivity contribution in [3.05, 3.63) is 187 Å². The Hall–Kier alpha value is -6.22. The van der Waals surface area contributed by atoms with E-state index in [0.717, 1.165) is 17.1 Å². The SMILES string of the molecule is CC1(C)c2ccc(N(c3ccc4c(c3)sc3ccccc34)c3ccc4ccccc4c3-c3cccc4ccccc34)cc2-c2cc3ccccc3cc21. The van der Waals surface area contributed by atoms with Gasteiger partial charge in [-0.1, -0.05) is 141 Å². The van der Waals surface area contributed by atoms with Crippen molar-refractivity contribution in [3.63, 3.8) is 0 Å². The molecule has 0 unspecified atom stereocenters. The molecule has 0 atom stereocenters. The van der Waals surface area contributed by atoms with Gasteiger partial charge in [0.2, 0.25) is 0 Å². The molecule has 0 N–H and O–H groups in total. The van der Waals surface area contributed by atoms with Crippen LogP contribution in [-0.4, -0.2) is 0 Å². The van der Waals surface area contributed by atoms with Gasteiger partial charge >= 0.3 is 0 Å². The maximum atomic E-state index is 2.51. The van der Waals surface area contributed by atoms with Gasteiger partial charge in [-0.25, -0.2) is 0 Å². The summed E-state index contributed by atoms with van der Waals surface area (Å²) in [6.07, 6.45) is 0. The van der Waals surface area contributed by atoms with Crippen molar-refractivity contribution in [2.45, 2.75) is 19.3 Å². The van der Waals surface area contributed by atoms with Crippen LogP contribution in [0.4, 0.5) is 17.1 Å². The minimum atomic E-state index is -0.106. The summed E-state index contributed by atoms with van der Waals surface area (Å²) in [5, 5.41) is 10.2. The van der Waals surface area contributed by atoms with Crippen molar-refractivity contribution in [1.82, 2.24) is 0 Å². The van der Waals surface area contributed by atoms with Crippen LogP contribution in [0.15, 0.2) is 176 Å². The molecule has 1 heterocycles. The van der Waals surface area contributed by atoms with E-state index in [-0.39, 0.29) is 5.41 Å². The number of benzene rings is 9. The molecule has 0 saturated carbocycles. The molecule has 1 aliphatic carbocycles. The Morgan fingerprint density at radius 1 is 0.396 bits per heavy atom. The molecule has 250 valence electrons. The second-order valence-electron chi connectivity index (χ2n) is 14.9. The van der Waals surface area contributed by atoms with Crippen LogP contribution in [0, 0.1) is 0 Å². The quantitative estimate of drug-likeness (QED) is 0.177. The molecule has 0 aliphatic heterocycles. The number of hydrogen-bond acceptors (Lipinski definition) is 2. The van der Waals surface area contributed by atoms with Gasteiger partial charge < -0.3 is 4.90 Å². The number of hydrogen-bond donors (Lipinski definition) is 0. The lowest BCUT2D eigenvalue weighted by Crippen LogP contribution is -2.15. The van der Waals surface area contributed by atoms with Gasteiger partial charge in [0, 0.05) is 42.5 Å². The minimum Gasteiger partial charge on any atom is -0.310 e. The van der Waals surface area contributed by atoms with E-state index in [0.29, 0.717) is 0 Å². The summed E-state index contributed by atoms with van der Waals surface area (Å²) in [7, 11) is 0. The monoisotopic (exact) mass is 693 g/mol. The molecule has 11 rings (SSSR count). The predicted molar refractivity (Wildman–Crippen MR) is 230 cm³/mol. The zero-order valence-electron chi connectivity index (χ0n) is 29.6. The van der Waals surface area contributed by atoms with Crippen LogP contribution in [0.2, 0.25) is 0 Å². The number of anilines is 3. The van der Waals surface area contributed by atoms with Crippen LogP contribution in [0.1, 0.15) is 25.0 Å². The lowest BCUT2D eigenvalue weighted by molar-refractivity contribution is 0.661. The van der Waals surface area contributed by atoms with E-state index >= 15 is 0 Å². The zero-order valence-corrected chi connectivity index (χ0v) is 30.4. The topological polar surface area (TPSA) is 3.24 Å². The number of rotatable bonds is 4. The van der Waals surface area contributed by atoms with Crippen LogP contribution in [0.25, 0.3) is 74.7 Å². The Kier molecular flexibility index (Phi) is 6.53. The molecule has 0 spiro atoms. The first-order chi connectivity index (χ1) is 26.0. The van der Waals surface area contributed by atoms with Gasteiger partial charge in [0.05, 0.1) is 5.69 Å². The molecule has 0 bridgehead atoms. The van der Waals surface area contributed by atoms with E-state index in [9.17, 15) is 0 Å². The average Bonchev–Trinajstić information content (AvgIpc) is 3.67. The summed E-state index contributed by atoms with van der Waals surface area (Å²) in [6.45, 7) is 4.75. The first kappa shape index (κ1) is 30.4. The van der Waals surface area contributed by atoms with Gasteiger partial charge in [0.15, 0.2) is 0 Å². The molecule has 2 heteroatoms. The Balaban J connectivity index is 1.22. The summed E-state index contributed by atoms with van der Waals surface area (Å²) < 4.78 is 2.61. The largest absolute Gasteiger partial charge is 0.310 e. The van der Waals surface area contributed by atoms with E-state index in [1.54, 1.807) is 0 Å². The molecular formula is C51H35NS. The van der Waals surface area contributed by atoms with Crippen molar-refractivity contribution >= 4 is 80.9 Å². The smallest absolute Gasteiger partial charge is 0.0546 e. The third-order valence-corrected chi connectivity index (χ3v) is 12.7. The first-order valence-corrected chi connectivity index (χ1v) is 19.2. The number of thiophene rings is 1. The zero-order chi connectivity index (χ0) is 35.3. The third-order valence-electron chi connectivity index (χ3n) is 11.6. The second-order valence-corrected chi connectivity index (χ2v) is 16.0. The highest BCUT2D eigenvalue weighted by molar-refractivity contribution is 7.25. The Bertz CT molecular complexity index is 3100. The molecule has 0 amide bonds. The van der Waals surface area contributed by atoms with Gasteiger partial charge in [-0.15, -0.1) is 11.3 Å². The van der Waals surface area contributed by atoms with Crippen LogP contribution < -0.4 is 4.90 Å². The molecule has 1 nitrogen and oxygen atoms in total. The third kappa shape index (κ3) is 4.56. The van der Waals surface area contributed by atoms with E-state index in [1.807, 2.05) is 11.3 Å². The lowest BCUT2D eigenvalue weighted by Gasteiger charge is -2.30. The molecule has 1 aromatic heterocycles. The highest BCUT2D eigenvalue weighted by atomic mass is 32.1. The standard InChI is InChI=1S/C51H35NS/c1-51(2)45-26-24-36(30-44(45)43-28-34-14-3-4-15-35(34)29-46(43)51)52(37-23-25-41-40-19-9-10-21-48(40)53-49(41)31-37)47-27-22-33-13-6-8-18-39(33)50(47)42-20-11-16-32-12-5-7-17-38(32)42/h3-31H,1-2H3. The van der Waals surface area contributed by atoms with Crippen molar-refractivity contribution in [2.24, 2.45) is 0 Å². The highest BCUT2D eigenvalue weighted by Gasteiger charge is 2.36. The number of nitrogens with zero attached hydrogens (tertiary/aromatic N) is 1. The summed E-state index contributed by atoms with van der Waals surface area (Å²) >= 11 is 1.87. The van der Waals surface area contributed by atoms with Gasteiger partial charge in [-0.3, -0.25) is 0 Å². The molecule has 0 fully saturated rings.